The number of amides is 2. The molecule has 5 nitrogen and oxygen atoms in total. The molecule has 1 fully saturated rings. The van der Waals surface area contributed by atoms with E-state index < -0.39 is 0 Å². The lowest BCUT2D eigenvalue weighted by Crippen LogP contribution is -2.41. The molecule has 1 atom stereocenters. The first-order valence-corrected chi connectivity index (χ1v) is 10.3. The second-order valence-electron chi connectivity index (χ2n) is 8.17. The normalized spacial score (nSPS) is 18.7. The van der Waals surface area contributed by atoms with Crippen molar-refractivity contribution in [2.75, 3.05) is 25.1 Å². The Balaban J connectivity index is 1.53. The van der Waals surface area contributed by atoms with E-state index in [2.05, 4.69) is 19.1 Å². The van der Waals surface area contributed by atoms with Crippen molar-refractivity contribution in [1.29, 1.82) is 0 Å². The summed E-state index contributed by atoms with van der Waals surface area (Å²) in [7, 11) is 1.64. The molecule has 0 aliphatic carbocycles. The molecule has 0 spiro atoms. The van der Waals surface area contributed by atoms with Crippen molar-refractivity contribution in [3.63, 3.8) is 0 Å². The molecule has 5 heteroatoms. The third-order valence-corrected chi connectivity index (χ3v) is 6.10. The van der Waals surface area contributed by atoms with Gasteiger partial charge in [-0.05, 0) is 49.4 Å². The minimum atomic E-state index is -0.302. The van der Waals surface area contributed by atoms with E-state index >= 15 is 0 Å². The fourth-order valence-electron chi connectivity index (χ4n) is 4.46. The van der Waals surface area contributed by atoms with E-state index in [-0.39, 0.29) is 24.2 Å². The van der Waals surface area contributed by atoms with Crippen LogP contribution in [0.4, 0.5) is 5.69 Å². The SMILES string of the molecule is COc1ccc(C)c2c1N(C(=O)C1CC(=O)N(Cc3ccc(C)cc3)C1)CCC2. The summed E-state index contributed by atoms with van der Waals surface area (Å²) in [6, 6.07) is 12.2. The molecule has 152 valence electrons. The third-order valence-electron chi connectivity index (χ3n) is 6.10. The van der Waals surface area contributed by atoms with Crippen molar-refractivity contribution in [3.8, 4) is 5.75 Å². The quantitative estimate of drug-likeness (QED) is 0.798. The zero-order valence-electron chi connectivity index (χ0n) is 17.4. The first kappa shape index (κ1) is 19.5. The molecule has 2 amide bonds. The van der Waals surface area contributed by atoms with Gasteiger partial charge < -0.3 is 14.5 Å². The number of aryl methyl sites for hydroxylation is 2. The Morgan fingerprint density at radius 3 is 2.62 bits per heavy atom. The van der Waals surface area contributed by atoms with E-state index in [0.717, 1.165) is 29.8 Å². The van der Waals surface area contributed by atoms with Crippen molar-refractivity contribution in [1.82, 2.24) is 4.90 Å². The van der Waals surface area contributed by atoms with Crippen LogP contribution < -0.4 is 9.64 Å². The molecular weight excluding hydrogens is 364 g/mol. The zero-order valence-corrected chi connectivity index (χ0v) is 17.4. The van der Waals surface area contributed by atoms with Crippen LogP contribution in [0.25, 0.3) is 0 Å². The molecule has 2 heterocycles. The number of methoxy groups -OCH3 is 1. The maximum Gasteiger partial charge on any atom is 0.232 e. The van der Waals surface area contributed by atoms with Gasteiger partial charge in [0.25, 0.3) is 0 Å². The average molecular weight is 392 g/mol. The summed E-state index contributed by atoms with van der Waals surface area (Å²) in [5.41, 5.74) is 5.56. The van der Waals surface area contributed by atoms with Gasteiger partial charge in [0.1, 0.15) is 5.75 Å². The minimum Gasteiger partial charge on any atom is -0.495 e. The van der Waals surface area contributed by atoms with E-state index in [0.29, 0.717) is 19.6 Å². The maximum absolute atomic E-state index is 13.4. The Hall–Kier alpha value is -2.82. The minimum absolute atomic E-state index is 0.0367. The summed E-state index contributed by atoms with van der Waals surface area (Å²) in [6.07, 6.45) is 2.16. The molecule has 0 radical (unpaired) electrons. The molecule has 0 aromatic heterocycles. The summed E-state index contributed by atoms with van der Waals surface area (Å²) in [4.78, 5) is 29.7. The van der Waals surface area contributed by atoms with Gasteiger partial charge in [0, 0.05) is 26.1 Å². The lowest BCUT2D eigenvalue weighted by Gasteiger charge is -2.33. The average Bonchev–Trinajstić information content (AvgIpc) is 3.09. The molecule has 0 N–H and O–H groups in total. The van der Waals surface area contributed by atoms with Crippen LogP contribution in [0.15, 0.2) is 36.4 Å². The summed E-state index contributed by atoms with van der Waals surface area (Å²) in [6.45, 7) is 5.84. The molecule has 2 aliphatic rings. The Morgan fingerprint density at radius 1 is 1.14 bits per heavy atom. The highest BCUT2D eigenvalue weighted by molar-refractivity contribution is 6.01. The number of rotatable bonds is 4. The lowest BCUT2D eigenvalue weighted by molar-refractivity contribution is -0.128. The number of hydrogen-bond donors (Lipinski definition) is 0. The first-order valence-electron chi connectivity index (χ1n) is 10.3. The number of carbonyl (C=O) groups excluding carboxylic acids is 2. The van der Waals surface area contributed by atoms with Crippen LogP contribution in [-0.2, 0) is 22.6 Å². The number of anilines is 1. The van der Waals surface area contributed by atoms with Gasteiger partial charge in [0.05, 0.1) is 18.7 Å². The predicted molar refractivity (Wildman–Crippen MR) is 113 cm³/mol. The highest BCUT2D eigenvalue weighted by atomic mass is 16.5. The van der Waals surface area contributed by atoms with Crippen LogP contribution >= 0.6 is 0 Å². The van der Waals surface area contributed by atoms with Crippen molar-refractivity contribution in [2.45, 2.75) is 39.7 Å². The smallest absolute Gasteiger partial charge is 0.232 e. The molecule has 2 aromatic carbocycles. The molecule has 29 heavy (non-hydrogen) atoms. The highest BCUT2D eigenvalue weighted by Crippen LogP contribution is 2.39. The van der Waals surface area contributed by atoms with E-state index in [1.54, 1.807) is 7.11 Å². The molecule has 1 saturated heterocycles. The van der Waals surface area contributed by atoms with Crippen molar-refractivity contribution in [3.05, 3.63) is 58.7 Å². The summed E-state index contributed by atoms with van der Waals surface area (Å²) in [5.74, 6) is 0.524. The Labute approximate surface area is 172 Å². The highest BCUT2D eigenvalue weighted by Gasteiger charge is 2.38. The second-order valence-corrected chi connectivity index (χ2v) is 8.17. The monoisotopic (exact) mass is 392 g/mol. The Kier molecular flexibility index (Phi) is 5.31. The lowest BCUT2D eigenvalue weighted by atomic mass is 9.94. The fourth-order valence-corrected chi connectivity index (χ4v) is 4.46. The van der Waals surface area contributed by atoms with E-state index in [1.165, 1.54) is 16.7 Å². The van der Waals surface area contributed by atoms with Crippen LogP contribution in [0.1, 0.15) is 35.1 Å². The van der Waals surface area contributed by atoms with Crippen LogP contribution in [-0.4, -0.2) is 36.9 Å². The van der Waals surface area contributed by atoms with E-state index in [9.17, 15) is 9.59 Å². The second kappa shape index (κ2) is 7.90. The predicted octanol–water partition coefficient (Wildman–Crippen LogP) is 3.64. The molecular formula is C24H28N2O3. The van der Waals surface area contributed by atoms with Crippen molar-refractivity contribution < 1.29 is 14.3 Å². The van der Waals surface area contributed by atoms with Gasteiger partial charge in [-0.25, -0.2) is 0 Å². The number of hydrogen-bond acceptors (Lipinski definition) is 3. The number of carbonyl (C=O) groups is 2. The number of nitrogens with zero attached hydrogens (tertiary/aromatic N) is 2. The zero-order chi connectivity index (χ0) is 20.5. The fraction of sp³-hybridized carbons (Fsp3) is 0.417. The van der Waals surface area contributed by atoms with Crippen LogP contribution in [0, 0.1) is 19.8 Å². The molecule has 2 aromatic rings. The van der Waals surface area contributed by atoms with Gasteiger partial charge in [-0.1, -0.05) is 35.9 Å². The van der Waals surface area contributed by atoms with Crippen LogP contribution in [0.5, 0.6) is 5.75 Å². The maximum atomic E-state index is 13.4. The van der Waals surface area contributed by atoms with Gasteiger partial charge in [-0.15, -0.1) is 0 Å². The Morgan fingerprint density at radius 2 is 1.90 bits per heavy atom. The number of ether oxygens (including phenoxy) is 1. The third kappa shape index (κ3) is 3.74. The first-order chi connectivity index (χ1) is 14.0. The van der Waals surface area contributed by atoms with Gasteiger partial charge in [0.2, 0.25) is 11.8 Å². The van der Waals surface area contributed by atoms with Crippen LogP contribution in [0.2, 0.25) is 0 Å². The van der Waals surface area contributed by atoms with E-state index in [4.69, 9.17) is 4.74 Å². The van der Waals surface area contributed by atoms with Crippen molar-refractivity contribution >= 4 is 17.5 Å². The molecule has 1 unspecified atom stereocenters. The van der Waals surface area contributed by atoms with Crippen LogP contribution in [0.3, 0.4) is 0 Å². The van der Waals surface area contributed by atoms with Gasteiger partial charge in [0.15, 0.2) is 0 Å². The molecule has 0 saturated carbocycles. The molecule has 4 rings (SSSR count). The summed E-state index contributed by atoms with van der Waals surface area (Å²) in [5, 5.41) is 0. The molecule has 0 bridgehead atoms. The number of benzene rings is 2. The molecule has 2 aliphatic heterocycles. The van der Waals surface area contributed by atoms with Gasteiger partial charge >= 0.3 is 0 Å². The largest absolute Gasteiger partial charge is 0.495 e. The number of likely N-dealkylation sites (tertiary alicyclic amines) is 1. The van der Waals surface area contributed by atoms with Gasteiger partial charge in [-0.3, -0.25) is 9.59 Å². The standard InChI is InChI=1S/C24H28N2O3/c1-16-6-9-18(10-7-16)14-25-15-19(13-22(25)27)24(28)26-12-4-5-20-17(2)8-11-21(29-3)23(20)26/h6-11,19H,4-5,12-15H2,1-3H3. The van der Waals surface area contributed by atoms with Crippen molar-refractivity contribution in [2.24, 2.45) is 5.92 Å². The summed E-state index contributed by atoms with van der Waals surface area (Å²) < 4.78 is 5.57. The summed E-state index contributed by atoms with van der Waals surface area (Å²) >= 11 is 0. The Bertz CT molecular complexity index is 936. The van der Waals surface area contributed by atoms with E-state index in [1.807, 2.05) is 41.0 Å². The topological polar surface area (TPSA) is 49.9 Å². The number of fused-ring (bicyclic) bond motifs is 1. The van der Waals surface area contributed by atoms with Gasteiger partial charge in [-0.2, -0.15) is 0 Å².